The first-order valence-corrected chi connectivity index (χ1v) is 7.19. The van der Waals surface area contributed by atoms with E-state index in [1.54, 1.807) is 0 Å². The summed E-state index contributed by atoms with van der Waals surface area (Å²) in [7, 11) is 0. The van der Waals surface area contributed by atoms with Gasteiger partial charge in [-0.3, -0.25) is 4.79 Å². The predicted molar refractivity (Wildman–Crippen MR) is 82.5 cm³/mol. The topological polar surface area (TPSA) is 64.9 Å². The molecule has 1 rings (SSSR count). The zero-order valence-corrected chi connectivity index (χ0v) is 13.2. The van der Waals surface area contributed by atoms with Crippen LogP contribution in [0.4, 0.5) is 0 Å². The van der Waals surface area contributed by atoms with Gasteiger partial charge in [-0.1, -0.05) is 48.0 Å². The highest BCUT2D eigenvalue weighted by Gasteiger charge is 2.08. The van der Waals surface area contributed by atoms with Gasteiger partial charge in [0.1, 0.15) is 11.6 Å². The number of hydrogen-bond acceptors (Lipinski definition) is 3. The Hall–Kier alpha value is -1.80. The van der Waals surface area contributed by atoms with E-state index in [4.69, 9.17) is 5.26 Å². The van der Waals surface area contributed by atoms with Gasteiger partial charge in [-0.2, -0.15) is 5.26 Å². The van der Waals surface area contributed by atoms with Crippen LogP contribution in [0.5, 0.6) is 0 Å². The molecule has 0 atom stereocenters. The minimum Gasteiger partial charge on any atom is -0.386 e. The van der Waals surface area contributed by atoms with Crippen molar-refractivity contribution < 1.29 is 4.79 Å². The second-order valence-electron chi connectivity index (χ2n) is 4.75. The van der Waals surface area contributed by atoms with Crippen molar-refractivity contribution >= 4 is 21.8 Å². The summed E-state index contributed by atoms with van der Waals surface area (Å²) in [6.07, 6.45) is 1.45. The number of rotatable bonds is 6. The average molecular weight is 336 g/mol. The lowest BCUT2D eigenvalue weighted by Gasteiger charge is -2.07. The zero-order valence-electron chi connectivity index (χ0n) is 11.6. The minimum atomic E-state index is -0.346. The van der Waals surface area contributed by atoms with E-state index >= 15 is 0 Å². The van der Waals surface area contributed by atoms with Gasteiger partial charge >= 0.3 is 0 Å². The largest absolute Gasteiger partial charge is 0.386 e. The average Bonchev–Trinajstić information content (AvgIpc) is 2.43. The Balaban J connectivity index is 2.56. The van der Waals surface area contributed by atoms with E-state index in [0.717, 1.165) is 10.0 Å². The van der Waals surface area contributed by atoms with Gasteiger partial charge < -0.3 is 10.6 Å². The van der Waals surface area contributed by atoms with Gasteiger partial charge in [0.15, 0.2) is 0 Å². The van der Waals surface area contributed by atoms with Crippen molar-refractivity contribution in [1.82, 2.24) is 10.6 Å². The van der Waals surface area contributed by atoms with Crippen molar-refractivity contribution in [3.63, 3.8) is 0 Å². The van der Waals surface area contributed by atoms with Crippen LogP contribution in [-0.2, 0) is 11.3 Å². The maximum atomic E-state index is 11.7. The van der Waals surface area contributed by atoms with Crippen molar-refractivity contribution in [1.29, 1.82) is 5.26 Å². The third-order valence-electron chi connectivity index (χ3n) is 2.53. The van der Waals surface area contributed by atoms with E-state index in [2.05, 4.69) is 26.6 Å². The highest BCUT2D eigenvalue weighted by Crippen LogP contribution is 2.15. The summed E-state index contributed by atoms with van der Waals surface area (Å²) in [6, 6.07) is 9.69. The van der Waals surface area contributed by atoms with Crippen molar-refractivity contribution in [3.05, 3.63) is 46.1 Å². The number of benzene rings is 1. The van der Waals surface area contributed by atoms with Gasteiger partial charge in [0.2, 0.25) is 0 Å². The molecular formula is C15H18BrN3O. The van der Waals surface area contributed by atoms with Gasteiger partial charge in [0.05, 0.1) is 0 Å². The highest BCUT2D eigenvalue weighted by molar-refractivity contribution is 9.10. The van der Waals surface area contributed by atoms with E-state index in [-0.39, 0.29) is 11.5 Å². The monoisotopic (exact) mass is 335 g/mol. The second kappa shape index (κ2) is 8.39. The van der Waals surface area contributed by atoms with Crippen LogP contribution < -0.4 is 10.6 Å². The van der Waals surface area contributed by atoms with Crippen LogP contribution in [0.3, 0.4) is 0 Å². The summed E-state index contributed by atoms with van der Waals surface area (Å²) in [5.74, 6) is 0.00736. The van der Waals surface area contributed by atoms with Gasteiger partial charge in [0.25, 0.3) is 5.91 Å². The molecule has 0 saturated heterocycles. The van der Waals surface area contributed by atoms with Crippen molar-refractivity contribution in [2.45, 2.75) is 20.4 Å². The molecule has 1 amide bonds. The Morgan fingerprint density at radius 3 is 2.75 bits per heavy atom. The lowest BCUT2D eigenvalue weighted by Crippen LogP contribution is -2.29. The normalized spacial score (nSPS) is 11.1. The molecule has 0 aliphatic heterocycles. The third kappa shape index (κ3) is 5.45. The van der Waals surface area contributed by atoms with Crippen LogP contribution in [0.1, 0.15) is 19.4 Å². The molecule has 106 valence electrons. The molecule has 4 nitrogen and oxygen atoms in total. The molecule has 0 heterocycles. The summed E-state index contributed by atoms with van der Waals surface area (Å²) >= 11 is 3.45. The van der Waals surface area contributed by atoms with Gasteiger partial charge in [-0.15, -0.1) is 0 Å². The van der Waals surface area contributed by atoms with Crippen LogP contribution in [0, 0.1) is 17.2 Å². The molecule has 0 saturated carbocycles. The number of carbonyl (C=O) groups is 1. The summed E-state index contributed by atoms with van der Waals surface area (Å²) < 4.78 is 0.990. The van der Waals surface area contributed by atoms with Crippen molar-refractivity contribution in [2.75, 3.05) is 6.54 Å². The van der Waals surface area contributed by atoms with Gasteiger partial charge in [-0.05, 0) is 17.5 Å². The second-order valence-corrected chi connectivity index (χ2v) is 5.60. The zero-order chi connectivity index (χ0) is 15.0. The summed E-state index contributed by atoms with van der Waals surface area (Å²) in [4.78, 5) is 11.7. The quantitative estimate of drug-likeness (QED) is 0.620. The predicted octanol–water partition coefficient (Wildman–Crippen LogP) is 2.72. The number of hydrogen-bond donors (Lipinski definition) is 2. The molecule has 0 bridgehead atoms. The SMILES string of the molecule is CC(C)CNC(=O)/C(C#N)=C\NCc1ccccc1Br. The maximum absolute atomic E-state index is 11.7. The highest BCUT2D eigenvalue weighted by atomic mass is 79.9. The van der Waals surface area contributed by atoms with E-state index in [9.17, 15) is 4.79 Å². The van der Waals surface area contributed by atoms with E-state index in [0.29, 0.717) is 19.0 Å². The number of amides is 1. The molecule has 0 radical (unpaired) electrons. The van der Waals surface area contributed by atoms with E-state index in [1.807, 2.05) is 44.2 Å². The molecule has 0 fully saturated rings. The lowest BCUT2D eigenvalue weighted by molar-refractivity contribution is -0.117. The summed E-state index contributed by atoms with van der Waals surface area (Å²) in [5.41, 5.74) is 1.14. The van der Waals surface area contributed by atoms with Crippen LogP contribution in [0.25, 0.3) is 0 Å². The summed E-state index contributed by atoms with van der Waals surface area (Å²) in [5, 5.41) is 14.7. The number of halogens is 1. The first-order chi connectivity index (χ1) is 9.54. The smallest absolute Gasteiger partial charge is 0.263 e. The number of nitrogens with zero attached hydrogens (tertiary/aromatic N) is 1. The Morgan fingerprint density at radius 1 is 1.45 bits per heavy atom. The molecule has 1 aromatic rings. The molecule has 2 N–H and O–H groups in total. The van der Waals surface area contributed by atoms with Crippen LogP contribution in [-0.4, -0.2) is 12.5 Å². The van der Waals surface area contributed by atoms with Crippen LogP contribution >= 0.6 is 15.9 Å². The summed E-state index contributed by atoms with van der Waals surface area (Å²) in [6.45, 7) is 5.11. The molecule has 0 unspecified atom stereocenters. The fraction of sp³-hybridized carbons (Fsp3) is 0.333. The fourth-order valence-electron chi connectivity index (χ4n) is 1.45. The van der Waals surface area contributed by atoms with Crippen LogP contribution in [0.2, 0.25) is 0 Å². The number of nitriles is 1. The maximum Gasteiger partial charge on any atom is 0.263 e. The van der Waals surface area contributed by atoms with Gasteiger partial charge in [-0.25, -0.2) is 0 Å². The van der Waals surface area contributed by atoms with Crippen molar-refractivity contribution in [3.8, 4) is 6.07 Å². The Morgan fingerprint density at radius 2 is 2.15 bits per heavy atom. The lowest BCUT2D eigenvalue weighted by atomic mass is 10.2. The first kappa shape index (κ1) is 16.3. The Labute approximate surface area is 128 Å². The fourth-order valence-corrected chi connectivity index (χ4v) is 1.87. The van der Waals surface area contributed by atoms with Crippen molar-refractivity contribution in [2.24, 2.45) is 5.92 Å². The molecule has 0 aromatic heterocycles. The standard InChI is InChI=1S/C15H18BrN3O/c1-11(2)8-19-15(20)13(7-17)10-18-9-12-5-3-4-6-14(12)16/h3-6,10-11,18H,8-9H2,1-2H3,(H,19,20)/b13-10-. The Bertz CT molecular complexity index is 532. The van der Waals surface area contributed by atoms with E-state index < -0.39 is 0 Å². The molecule has 20 heavy (non-hydrogen) atoms. The molecule has 0 aliphatic rings. The minimum absolute atomic E-state index is 0.0812. The molecule has 1 aromatic carbocycles. The van der Waals surface area contributed by atoms with Crippen LogP contribution in [0.15, 0.2) is 40.5 Å². The molecular weight excluding hydrogens is 318 g/mol. The first-order valence-electron chi connectivity index (χ1n) is 6.40. The third-order valence-corrected chi connectivity index (χ3v) is 3.31. The number of carbonyl (C=O) groups excluding carboxylic acids is 1. The number of nitrogens with one attached hydrogen (secondary N) is 2. The molecule has 5 heteroatoms. The van der Waals surface area contributed by atoms with Gasteiger partial charge in [0, 0.05) is 23.8 Å². The molecule has 0 spiro atoms. The molecule has 0 aliphatic carbocycles. The Kier molecular flexibility index (Phi) is 6.82. The van der Waals surface area contributed by atoms with E-state index in [1.165, 1.54) is 6.20 Å².